The first-order valence-corrected chi connectivity index (χ1v) is 7.23. The van der Waals surface area contributed by atoms with E-state index >= 15 is 0 Å². The summed E-state index contributed by atoms with van der Waals surface area (Å²) in [5.74, 6) is -0.306. The molecule has 0 atom stereocenters. The van der Waals surface area contributed by atoms with Crippen LogP contribution in [0.25, 0.3) is 0 Å². The second-order valence-corrected chi connectivity index (χ2v) is 6.03. The van der Waals surface area contributed by atoms with Gasteiger partial charge in [-0.2, -0.15) is 0 Å². The van der Waals surface area contributed by atoms with E-state index < -0.39 is 15.8 Å². The zero-order chi connectivity index (χ0) is 13.8. The molecule has 0 aliphatic carbocycles. The molecule has 100 valence electrons. The Morgan fingerprint density at radius 1 is 1.44 bits per heavy atom. The number of carbonyl (C=O) groups is 1. The van der Waals surface area contributed by atoms with E-state index in [0.717, 1.165) is 6.26 Å². The Kier molecular flexibility index (Phi) is 4.60. The first-order chi connectivity index (χ1) is 8.31. The predicted molar refractivity (Wildman–Crippen MR) is 66.3 cm³/mol. The molecule has 1 aromatic heterocycles. The highest BCUT2D eigenvalue weighted by Gasteiger charge is 2.11. The lowest BCUT2D eigenvalue weighted by atomic mass is 10.4. The standard InChI is InChI=1S/C10H15N3O4S/c1-7-6-8(11-4-5-18(3,15)16)13-9(12-7)10(14)17-2/h6H,4-5H2,1-3H3,(H,11,12,13). The Balaban J connectivity index is 2.77. The molecule has 7 nitrogen and oxygen atoms in total. The summed E-state index contributed by atoms with van der Waals surface area (Å²) in [4.78, 5) is 19.1. The molecule has 1 aromatic rings. The number of anilines is 1. The molecular weight excluding hydrogens is 258 g/mol. The summed E-state index contributed by atoms with van der Waals surface area (Å²) in [6.45, 7) is 1.92. The van der Waals surface area contributed by atoms with Crippen LogP contribution in [0.3, 0.4) is 0 Å². The molecule has 8 heteroatoms. The van der Waals surface area contributed by atoms with Crippen LogP contribution in [-0.2, 0) is 14.6 Å². The van der Waals surface area contributed by atoms with Gasteiger partial charge in [0.05, 0.1) is 12.9 Å². The molecule has 0 spiro atoms. The van der Waals surface area contributed by atoms with Crippen molar-refractivity contribution < 1.29 is 17.9 Å². The van der Waals surface area contributed by atoms with Crippen molar-refractivity contribution in [1.82, 2.24) is 9.97 Å². The van der Waals surface area contributed by atoms with Gasteiger partial charge in [-0.1, -0.05) is 0 Å². The van der Waals surface area contributed by atoms with Crippen LogP contribution in [-0.4, -0.2) is 50.0 Å². The number of carbonyl (C=O) groups excluding carboxylic acids is 1. The van der Waals surface area contributed by atoms with Gasteiger partial charge in [-0.05, 0) is 6.92 Å². The van der Waals surface area contributed by atoms with E-state index in [0.29, 0.717) is 11.5 Å². The molecule has 0 aliphatic rings. The molecule has 0 aromatic carbocycles. The highest BCUT2D eigenvalue weighted by atomic mass is 32.2. The lowest BCUT2D eigenvalue weighted by Crippen LogP contribution is -2.16. The summed E-state index contributed by atoms with van der Waals surface area (Å²) in [5.41, 5.74) is 0.590. The molecule has 18 heavy (non-hydrogen) atoms. The molecule has 0 bridgehead atoms. The summed E-state index contributed by atoms with van der Waals surface area (Å²) in [6.07, 6.45) is 1.15. The fraction of sp³-hybridized carbons (Fsp3) is 0.500. The van der Waals surface area contributed by atoms with Crippen LogP contribution < -0.4 is 5.32 Å². The van der Waals surface area contributed by atoms with Gasteiger partial charge < -0.3 is 10.1 Å². The van der Waals surface area contributed by atoms with Gasteiger partial charge in [0.15, 0.2) is 0 Å². The second-order valence-electron chi connectivity index (χ2n) is 3.77. The Hall–Kier alpha value is -1.70. The third-order valence-corrected chi connectivity index (χ3v) is 2.95. The van der Waals surface area contributed by atoms with Crippen molar-refractivity contribution in [2.45, 2.75) is 6.92 Å². The number of nitrogens with one attached hydrogen (secondary N) is 1. The van der Waals surface area contributed by atoms with Crippen molar-refractivity contribution >= 4 is 21.6 Å². The topological polar surface area (TPSA) is 98.2 Å². The highest BCUT2D eigenvalue weighted by molar-refractivity contribution is 7.90. The number of aromatic nitrogens is 2. The van der Waals surface area contributed by atoms with Crippen LogP contribution in [0.2, 0.25) is 0 Å². The van der Waals surface area contributed by atoms with Crippen LogP contribution in [0.1, 0.15) is 16.3 Å². The van der Waals surface area contributed by atoms with Crippen molar-refractivity contribution in [3.05, 3.63) is 17.6 Å². The van der Waals surface area contributed by atoms with Gasteiger partial charge in [0, 0.05) is 24.6 Å². The number of rotatable bonds is 5. The third-order valence-electron chi connectivity index (χ3n) is 2.00. The maximum absolute atomic E-state index is 11.3. The van der Waals surface area contributed by atoms with Gasteiger partial charge in [0.1, 0.15) is 15.7 Å². The second kappa shape index (κ2) is 5.76. The van der Waals surface area contributed by atoms with E-state index in [1.807, 2.05) is 0 Å². The van der Waals surface area contributed by atoms with Crippen LogP contribution in [0, 0.1) is 6.92 Å². The average molecular weight is 273 g/mol. The number of methoxy groups -OCH3 is 1. The summed E-state index contributed by atoms with van der Waals surface area (Å²) in [7, 11) is -1.79. The van der Waals surface area contributed by atoms with Crippen molar-refractivity contribution in [3.63, 3.8) is 0 Å². The molecule has 0 radical (unpaired) electrons. The van der Waals surface area contributed by atoms with Crippen molar-refractivity contribution in [2.75, 3.05) is 31.0 Å². The number of ether oxygens (including phenoxy) is 1. The van der Waals surface area contributed by atoms with E-state index in [2.05, 4.69) is 20.0 Å². The van der Waals surface area contributed by atoms with Gasteiger partial charge in [-0.3, -0.25) is 0 Å². The van der Waals surface area contributed by atoms with E-state index in [9.17, 15) is 13.2 Å². The maximum Gasteiger partial charge on any atom is 0.376 e. The molecule has 0 saturated carbocycles. The van der Waals surface area contributed by atoms with Gasteiger partial charge in [0.25, 0.3) is 0 Å². The Morgan fingerprint density at radius 2 is 2.11 bits per heavy atom. The zero-order valence-electron chi connectivity index (χ0n) is 10.4. The Morgan fingerprint density at radius 3 is 2.67 bits per heavy atom. The molecule has 1 rings (SSSR count). The fourth-order valence-corrected chi connectivity index (χ4v) is 1.68. The number of hydrogen-bond donors (Lipinski definition) is 1. The molecule has 1 N–H and O–H groups in total. The van der Waals surface area contributed by atoms with Crippen molar-refractivity contribution in [1.29, 1.82) is 0 Å². The molecule has 0 fully saturated rings. The highest BCUT2D eigenvalue weighted by Crippen LogP contribution is 2.06. The fourth-order valence-electron chi connectivity index (χ4n) is 1.21. The minimum absolute atomic E-state index is 0.0103. The number of sulfone groups is 1. The summed E-state index contributed by atoms with van der Waals surface area (Å²) >= 11 is 0. The van der Waals surface area contributed by atoms with E-state index in [1.54, 1.807) is 13.0 Å². The number of aryl methyl sites for hydroxylation is 1. The number of hydrogen-bond acceptors (Lipinski definition) is 7. The molecule has 0 unspecified atom stereocenters. The average Bonchev–Trinajstić information content (AvgIpc) is 2.25. The molecule has 0 saturated heterocycles. The monoisotopic (exact) mass is 273 g/mol. The third kappa shape index (κ3) is 4.66. The minimum Gasteiger partial charge on any atom is -0.463 e. The van der Waals surface area contributed by atoms with Gasteiger partial charge in [-0.15, -0.1) is 0 Å². The first-order valence-electron chi connectivity index (χ1n) is 5.17. The van der Waals surface area contributed by atoms with Crippen LogP contribution in [0.15, 0.2) is 6.07 Å². The number of nitrogens with zero attached hydrogens (tertiary/aromatic N) is 2. The summed E-state index contributed by atoms with van der Waals surface area (Å²) in [5, 5.41) is 2.82. The van der Waals surface area contributed by atoms with Crippen LogP contribution in [0.5, 0.6) is 0 Å². The zero-order valence-corrected chi connectivity index (χ0v) is 11.2. The Bertz CT molecular complexity index is 542. The van der Waals surface area contributed by atoms with E-state index in [4.69, 9.17) is 0 Å². The minimum atomic E-state index is -3.03. The van der Waals surface area contributed by atoms with Crippen molar-refractivity contribution in [3.8, 4) is 0 Å². The molecular formula is C10H15N3O4S. The van der Waals surface area contributed by atoms with E-state index in [1.165, 1.54) is 7.11 Å². The summed E-state index contributed by atoms with van der Waals surface area (Å²) in [6, 6.07) is 1.62. The number of esters is 1. The smallest absolute Gasteiger partial charge is 0.376 e. The molecule has 0 aliphatic heterocycles. The van der Waals surface area contributed by atoms with Gasteiger partial charge in [0.2, 0.25) is 5.82 Å². The maximum atomic E-state index is 11.3. The SMILES string of the molecule is COC(=O)c1nc(C)cc(NCCS(C)(=O)=O)n1. The molecule has 1 heterocycles. The molecule has 0 amide bonds. The lowest BCUT2D eigenvalue weighted by molar-refractivity contribution is 0.0586. The van der Waals surface area contributed by atoms with Gasteiger partial charge in [-0.25, -0.2) is 23.2 Å². The van der Waals surface area contributed by atoms with Gasteiger partial charge >= 0.3 is 5.97 Å². The van der Waals surface area contributed by atoms with E-state index in [-0.39, 0.29) is 18.1 Å². The summed E-state index contributed by atoms with van der Waals surface area (Å²) < 4.78 is 26.4. The Labute approximate surface area is 106 Å². The normalized spacial score (nSPS) is 11.1. The van der Waals surface area contributed by atoms with Crippen LogP contribution >= 0.6 is 0 Å². The van der Waals surface area contributed by atoms with Crippen LogP contribution in [0.4, 0.5) is 5.82 Å². The largest absolute Gasteiger partial charge is 0.463 e. The quantitative estimate of drug-likeness (QED) is 0.755. The van der Waals surface area contributed by atoms with Crippen molar-refractivity contribution in [2.24, 2.45) is 0 Å². The predicted octanol–water partition coefficient (Wildman–Crippen LogP) is 0.0281. The first kappa shape index (κ1) is 14.4. The lowest BCUT2D eigenvalue weighted by Gasteiger charge is -2.07.